The molecule has 1 aromatic rings. The zero-order chi connectivity index (χ0) is 10.8. The lowest BCUT2D eigenvalue weighted by Gasteiger charge is -2.05. The Morgan fingerprint density at radius 1 is 1.40 bits per heavy atom. The van der Waals surface area contributed by atoms with Crippen LogP contribution in [0.25, 0.3) is 0 Å². The van der Waals surface area contributed by atoms with Crippen molar-refractivity contribution in [3.8, 4) is 0 Å². The van der Waals surface area contributed by atoms with Gasteiger partial charge in [-0.1, -0.05) is 17.7 Å². The van der Waals surface area contributed by atoms with E-state index in [1.165, 1.54) is 6.07 Å². The standard InChI is InChI=1S/C9H8BClO4/c11-8-5-6(10-14-3-4-15-10)1-2-7(8)9(12)13/h1-2,5H,3-4H2,(H,12,13). The van der Waals surface area contributed by atoms with Crippen LogP contribution in [0.15, 0.2) is 18.2 Å². The fraction of sp³-hybridized carbons (Fsp3) is 0.222. The Kier molecular flexibility index (Phi) is 2.95. The largest absolute Gasteiger partial charge is 0.494 e. The highest BCUT2D eigenvalue weighted by atomic mass is 35.5. The molecule has 78 valence electrons. The van der Waals surface area contributed by atoms with Gasteiger partial charge in [0, 0.05) is 0 Å². The third-order valence-electron chi connectivity index (χ3n) is 2.12. The summed E-state index contributed by atoms with van der Waals surface area (Å²) in [5.41, 5.74) is 0.820. The van der Waals surface area contributed by atoms with E-state index in [2.05, 4.69) is 0 Å². The van der Waals surface area contributed by atoms with Gasteiger partial charge in [0.15, 0.2) is 0 Å². The van der Waals surface area contributed by atoms with Crippen molar-refractivity contribution in [1.82, 2.24) is 0 Å². The Hall–Kier alpha value is -1.04. The highest BCUT2D eigenvalue weighted by Crippen LogP contribution is 2.15. The predicted octanol–water partition coefficient (Wildman–Crippen LogP) is 0.780. The molecule has 0 spiro atoms. The molecule has 0 aliphatic carbocycles. The Morgan fingerprint density at radius 2 is 2.07 bits per heavy atom. The van der Waals surface area contributed by atoms with Crippen LogP contribution in [0.5, 0.6) is 0 Å². The van der Waals surface area contributed by atoms with Crippen LogP contribution in [-0.4, -0.2) is 31.4 Å². The van der Waals surface area contributed by atoms with Gasteiger partial charge in [0.1, 0.15) is 0 Å². The zero-order valence-corrected chi connectivity index (χ0v) is 8.53. The number of carboxylic acids is 1. The van der Waals surface area contributed by atoms with Gasteiger partial charge in [0.25, 0.3) is 0 Å². The molecule has 0 bridgehead atoms. The van der Waals surface area contributed by atoms with Crippen molar-refractivity contribution in [2.75, 3.05) is 13.2 Å². The average molecular weight is 226 g/mol. The van der Waals surface area contributed by atoms with E-state index in [-0.39, 0.29) is 10.6 Å². The van der Waals surface area contributed by atoms with E-state index in [1.807, 2.05) is 0 Å². The molecule has 0 radical (unpaired) electrons. The molecule has 1 fully saturated rings. The minimum atomic E-state index is -1.04. The van der Waals surface area contributed by atoms with E-state index in [0.29, 0.717) is 13.2 Å². The molecule has 1 saturated heterocycles. The van der Waals surface area contributed by atoms with Gasteiger partial charge in [-0.2, -0.15) is 0 Å². The summed E-state index contributed by atoms with van der Waals surface area (Å²) in [7, 11) is -0.426. The van der Waals surface area contributed by atoms with Crippen LogP contribution >= 0.6 is 11.6 Å². The monoisotopic (exact) mass is 226 g/mol. The van der Waals surface area contributed by atoms with Crippen LogP contribution in [0.3, 0.4) is 0 Å². The zero-order valence-electron chi connectivity index (χ0n) is 7.77. The third-order valence-corrected chi connectivity index (χ3v) is 2.43. The molecule has 0 aromatic heterocycles. The number of carboxylic acid groups (broad SMARTS) is 1. The molecule has 1 N–H and O–H groups in total. The van der Waals surface area contributed by atoms with Crippen molar-refractivity contribution >= 4 is 30.2 Å². The van der Waals surface area contributed by atoms with Gasteiger partial charge in [0.05, 0.1) is 23.8 Å². The number of hydrogen-bond donors (Lipinski definition) is 1. The summed E-state index contributed by atoms with van der Waals surface area (Å²) in [6, 6.07) is 4.65. The summed E-state index contributed by atoms with van der Waals surface area (Å²) in [5.74, 6) is -1.04. The molecule has 0 atom stereocenters. The van der Waals surface area contributed by atoms with E-state index >= 15 is 0 Å². The van der Waals surface area contributed by atoms with Crippen molar-refractivity contribution < 1.29 is 19.2 Å². The van der Waals surface area contributed by atoms with E-state index in [0.717, 1.165) is 5.46 Å². The molecule has 6 heteroatoms. The minimum Gasteiger partial charge on any atom is -0.478 e. The Morgan fingerprint density at radius 3 is 2.60 bits per heavy atom. The lowest BCUT2D eigenvalue weighted by molar-refractivity contribution is 0.0697. The van der Waals surface area contributed by atoms with Gasteiger partial charge >= 0.3 is 13.1 Å². The summed E-state index contributed by atoms with van der Waals surface area (Å²) in [5, 5.41) is 8.97. The van der Waals surface area contributed by atoms with Gasteiger partial charge in [-0.05, 0) is 17.6 Å². The van der Waals surface area contributed by atoms with Crippen LogP contribution in [0, 0.1) is 0 Å². The molecule has 2 rings (SSSR count). The van der Waals surface area contributed by atoms with E-state index in [4.69, 9.17) is 26.0 Å². The van der Waals surface area contributed by atoms with Crippen molar-refractivity contribution in [1.29, 1.82) is 0 Å². The van der Waals surface area contributed by atoms with E-state index in [1.54, 1.807) is 12.1 Å². The van der Waals surface area contributed by atoms with Crippen molar-refractivity contribution in [2.24, 2.45) is 0 Å². The molecule has 0 unspecified atom stereocenters. The van der Waals surface area contributed by atoms with Crippen LogP contribution in [0.2, 0.25) is 5.02 Å². The summed E-state index contributed by atoms with van der Waals surface area (Å²) in [6.45, 7) is 1.09. The van der Waals surface area contributed by atoms with Gasteiger partial charge in [-0.3, -0.25) is 0 Å². The second-order valence-corrected chi connectivity index (χ2v) is 3.53. The molecule has 1 aliphatic heterocycles. The highest BCUT2D eigenvalue weighted by Gasteiger charge is 2.27. The second kappa shape index (κ2) is 4.22. The quantitative estimate of drug-likeness (QED) is 0.757. The molecule has 15 heavy (non-hydrogen) atoms. The van der Waals surface area contributed by atoms with Gasteiger partial charge in [-0.25, -0.2) is 4.79 Å². The average Bonchev–Trinajstić information content (AvgIpc) is 2.69. The van der Waals surface area contributed by atoms with Gasteiger partial charge in [0.2, 0.25) is 0 Å². The van der Waals surface area contributed by atoms with Crippen molar-refractivity contribution in [3.63, 3.8) is 0 Å². The number of benzene rings is 1. The maximum Gasteiger partial charge on any atom is 0.494 e. The van der Waals surface area contributed by atoms with Crippen LogP contribution < -0.4 is 5.46 Å². The molecule has 1 heterocycles. The fourth-order valence-electron chi connectivity index (χ4n) is 1.40. The van der Waals surface area contributed by atoms with Gasteiger partial charge in [-0.15, -0.1) is 0 Å². The molecule has 4 nitrogen and oxygen atoms in total. The number of rotatable bonds is 2. The number of carbonyl (C=O) groups is 1. The first-order chi connectivity index (χ1) is 7.18. The van der Waals surface area contributed by atoms with Gasteiger partial charge < -0.3 is 14.4 Å². The molecular formula is C9H8BClO4. The first kappa shape index (κ1) is 10.5. The summed E-state index contributed by atoms with van der Waals surface area (Å²) < 4.78 is 10.5. The predicted molar refractivity (Wildman–Crippen MR) is 55.7 cm³/mol. The Labute approximate surface area is 91.9 Å². The number of aromatic carboxylic acids is 1. The lowest BCUT2D eigenvalue weighted by atomic mass is 9.79. The third kappa shape index (κ3) is 2.14. The summed E-state index contributed by atoms with van der Waals surface area (Å²) in [4.78, 5) is 10.7. The molecule has 0 amide bonds. The smallest absolute Gasteiger partial charge is 0.478 e. The number of halogens is 1. The van der Waals surface area contributed by atoms with E-state index in [9.17, 15) is 4.79 Å². The summed E-state index contributed by atoms with van der Waals surface area (Å²) in [6.07, 6.45) is 0. The molecular weight excluding hydrogens is 218 g/mol. The molecule has 1 aromatic carbocycles. The van der Waals surface area contributed by atoms with Crippen molar-refractivity contribution in [3.05, 3.63) is 28.8 Å². The maximum atomic E-state index is 10.7. The summed E-state index contributed by atoms with van der Waals surface area (Å²) >= 11 is 5.81. The highest BCUT2D eigenvalue weighted by molar-refractivity contribution is 6.62. The first-order valence-corrected chi connectivity index (χ1v) is 4.82. The Balaban J connectivity index is 2.28. The maximum absolute atomic E-state index is 10.7. The Bertz CT molecular complexity index is 390. The fourth-order valence-corrected chi connectivity index (χ4v) is 1.67. The SMILES string of the molecule is O=C(O)c1ccc(B2OCCO2)cc1Cl. The van der Waals surface area contributed by atoms with Crippen LogP contribution in [0.4, 0.5) is 0 Å². The molecule has 0 saturated carbocycles. The topological polar surface area (TPSA) is 55.8 Å². The van der Waals surface area contributed by atoms with Crippen LogP contribution in [0.1, 0.15) is 10.4 Å². The first-order valence-electron chi connectivity index (χ1n) is 4.44. The van der Waals surface area contributed by atoms with E-state index < -0.39 is 13.1 Å². The molecule has 1 aliphatic rings. The minimum absolute atomic E-state index is 0.0819. The second-order valence-electron chi connectivity index (χ2n) is 3.12. The van der Waals surface area contributed by atoms with Crippen LogP contribution in [-0.2, 0) is 9.31 Å². The van der Waals surface area contributed by atoms with Crippen molar-refractivity contribution in [2.45, 2.75) is 0 Å². The lowest BCUT2D eigenvalue weighted by Crippen LogP contribution is -2.31. The number of hydrogen-bond acceptors (Lipinski definition) is 3. The normalized spacial score (nSPS) is 15.7.